The molecule has 0 amide bonds. The van der Waals surface area contributed by atoms with Gasteiger partial charge in [-0.1, -0.05) is 142 Å². The lowest BCUT2D eigenvalue weighted by atomic mass is 10.0. The summed E-state index contributed by atoms with van der Waals surface area (Å²) >= 11 is 0. The van der Waals surface area contributed by atoms with Crippen LogP contribution >= 0.6 is 0 Å². The summed E-state index contributed by atoms with van der Waals surface area (Å²) in [6, 6.07) is 0. The van der Waals surface area contributed by atoms with Crippen LogP contribution in [0.2, 0.25) is 0 Å². The molecule has 0 aliphatic carbocycles. The average molecular weight is 720 g/mol. The second-order valence-electron chi connectivity index (χ2n) is 14.9. The van der Waals surface area contributed by atoms with E-state index in [0.29, 0.717) is 13.2 Å². The molecule has 0 aliphatic rings. The number of esters is 2. The lowest BCUT2D eigenvalue weighted by Gasteiger charge is -2.22. The van der Waals surface area contributed by atoms with Crippen molar-refractivity contribution in [3.8, 4) is 0 Å². The maximum atomic E-state index is 12.3. The molecule has 6 nitrogen and oxygen atoms in total. The van der Waals surface area contributed by atoms with E-state index in [-0.39, 0.29) is 18.5 Å². The fourth-order valence-corrected chi connectivity index (χ4v) is 6.59. The first kappa shape index (κ1) is 49.3. The second-order valence-corrected chi connectivity index (χ2v) is 14.9. The van der Waals surface area contributed by atoms with Crippen LogP contribution in [0.4, 0.5) is 0 Å². The Labute approximate surface area is 317 Å². The monoisotopic (exact) mass is 720 g/mol. The van der Waals surface area contributed by atoms with Gasteiger partial charge in [0.25, 0.3) is 0 Å². The Balaban J connectivity index is 3.94. The molecular formula is C45H85NO5. The van der Waals surface area contributed by atoms with Crippen LogP contribution in [0.15, 0.2) is 23.3 Å². The molecule has 0 aromatic carbocycles. The van der Waals surface area contributed by atoms with Crippen LogP contribution in [0.5, 0.6) is 0 Å². The van der Waals surface area contributed by atoms with Crippen LogP contribution in [-0.2, 0) is 19.1 Å². The number of carbonyl (C=O) groups excluding carboxylic acids is 2. The van der Waals surface area contributed by atoms with E-state index in [1.54, 1.807) is 12.2 Å². The molecule has 0 radical (unpaired) electrons. The van der Waals surface area contributed by atoms with E-state index in [9.17, 15) is 14.7 Å². The molecule has 300 valence electrons. The summed E-state index contributed by atoms with van der Waals surface area (Å²) < 4.78 is 11.0. The van der Waals surface area contributed by atoms with Gasteiger partial charge in [-0.05, 0) is 96.6 Å². The molecule has 0 saturated heterocycles. The third-order valence-electron chi connectivity index (χ3n) is 9.91. The quantitative estimate of drug-likeness (QED) is 0.0387. The highest BCUT2D eigenvalue weighted by atomic mass is 16.5. The largest absolute Gasteiger partial charge is 0.463 e. The average Bonchev–Trinajstić information content (AvgIpc) is 3.12. The van der Waals surface area contributed by atoms with E-state index in [1.165, 1.54) is 114 Å². The van der Waals surface area contributed by atoms with Gasteiger partial charge in [-0.25, -0.2) is 9.59 Å². The first-order valence-electron chi connectivity index (χ1n) is 22.1. The number of nitrogens with zero attached hydrogens (tertiary/aromatic N) is 1. The fraction of sp³-hybridized carbons (Fsp3) is 0.867. The molecule has 1 N–H and O–H groups in total. The predicted octanol–water partition coefficient (Wildman–Crippen LogP) is 12.6. The van der Waals surface area contributed by atoms with Crippen molar-refractivity contribution in [1.82, 2.24) is 4.90 Å². The number of unbranched alkanes of at least 4 members (excludes halogenated alkanes) is 18. The van der Waals surface area contributed by atoms with Crippen LogP contribution in [-0.4, -0.2) is 61.4 Å². The number of hydrogen-bond acceptors (Lipinski definition) is 6. The maximum absolute atomic E-state index is 12.3. The number of rotatable bonds is 39. The Morgan fingerprint density at radius 3 is 1.14 bits per heavy atom. The Morgan fingerprint density at radius 1 is 0.431 bits per heavy atom. The topological polar surface area (TPSA) is 76.1 Å². The SMILES string of the molecule is CCCCCC(=CC(=O)OCCCCCCCCCN(CCCO)CCCCCCCCCOC(=O)/C=C(\CCCC)CCCCC)CCCC. The molecule has 51 heavy (non-hydrogen) atoms. The molecule has 0 heterocycles. The molecule has 6 heteroatoms. The van der Waals surface area contributed by atoms with Gasteiger partial charge in [0.1, 0.15) is 0 Å². The van der Waals surface area contributed by atoms with Gasteiger partial charge < -0.3 is 19.5 Å². The van der Waals surface area contributed by atoms with E-state index in [0.717, 1.165) is 103 Å². The van der Waals surface area contributed by atoms with Gasteiger partial charge in [-0.15, -0.1) is 0 Å². The smallest absolute Gasteiger partial charge is 0.330 e. The molecule has 0 atom stereocenters. The summed E-state index contributed by atoms with van der Waals surface area (Å²) in [5, 5.41) is 9.37. The van der Waals surface area contributed by atoms with Gasteiger partial charge in [0.2, 0.25) is 0 Å². The molecule has 0 saturated carbocycles. The summed E-state index contributed by atoms with van der Waals surface area (Å²) in [6.45, 7) is 13.4. The number of aliphatic hydroxyl groups excluding tert-OH is 1. The summed E-state index contributed by atoms with van der Waals surface area (Å²) in [4.78, 5) is 27.1. The maximum Gasteiger partial charge on any atom is 0.330 e. The number of ether oxygens (including phenoxy) is 2. The minimum Gasteiger partial charge on any atom is -0.463 e. The van der Waals surface area contributed by atoms with Gasteiger partial charge in [0.05, 0.1) is 13.2 Å². The number of hydrogen-bond donors (Lipinski definition) is 1. The van der Waals surface area contributed by atoms with E-state index >= 15 is 0 Å². The zero-order valence-corrected chi connectivity index (χ0v) is 34.4. The highest BCUT2D eigenvalue weighted by molar-refractivity contribution is 5.83. The molecule has 0 aromatic rings. The van der Waals surface area contributed by atoms with Crippen LogP contribution in [0.1, 0.15) is 214 Å². The minimum atomic E-state index is -0.146. The first-order chi connectivity index (χ1) is 25.0. The normalized spacial score (nSPS) is 12.2. The number of allylic oxidation sites excluding steroid dienone is 2. The Morgan fingerprint density at radius 2 is 0.765 bits per heavy atom. The van der Waals surface area contributed by atoms with Crippen LogP contribution in [0, 0.1) is 0 Å². The fourth-order valence-electron chi connectivity index (χ4n) is 6.59. The van der Waals surface area contributed by atoms with Crippen molar-refractivity contribution < 1.29 is 24.2 Å². The van der Waals surface area contributed by atoms with E-state index in [1.807, 2.05) is 0 Å². The lowest BCUT2D eigenvalue weighted by molar-refractivity contribution is -0.138. The molecule has 0 unspecified atom stereocenters. The number of carbonyl (C=O) groups is 2. The van der Waals surface area contributed by atoms with E-state index in [4.69, 9.17) is 9.47 Å². The zero-order chi connectivity index (χ0) is 37.5. The molecular weight excluding hydrogens is 634 g/mol. The van der Waals surface area contributed by atoms with Gasteiger partial charge in [0, 0.05) is 25.3 Å². The Hall–Kier alpha value is -1.66. The summed E-state index contributed by atoms with van der Waals surface area (Å²) in [6.07, 6.45) is 36.9. The first-order valence-corrected chi connectivity index (χ1v) is 22.1. The van der Waals surface area contributed by atoms with Crippen LogP contribution in [0.25, 0.3) is 0 Å². The van der Waals surface area contributed by atoms with Crippen LogP contribution < -0.4 is 0 Å². The molecule has 0 spiro atoms. The van der Waals surface area contributed by atoms with Crippen molar-refractivity contribution in [3.05, 3.63) is 23.3 Å². The van der Waals surface area contributed by atoms with E-state index < -0.39 is 0 Å². The highest BCUT2D eigenvalue weighted by Crippen LogP contribution is 2.18. The van der Waals surface area contributed by atoms with Gasteiger partial charge in [-0.2, -0.15) is 0 Å². The Bertz CT molecular complexity index is 774. The van der Waals surface area contributed by atoms with Gasteiger partial charge >= 0.3 is 11.9 Å². The summed E-state index contributed by atoms with van der Waals surface area (Å²) in [7, 11) is 0. The van der Waals surface area contributed by atoms with Crippen molar-refractivity contribution in [1.29, 1.82) is 0 Å². The molecule has 0 fully saturated rings. The van der Waals surface area contributed by atoms with Crippen molar-refractivity contribution >= 4 is 11.9 Å². The van der Waals surface area contributed by atoms with Crippen LogP contribution in [0.3, 0.4) is 0 Å². The van der Waals surface area contributed by atoms with Gasteiger partial charge in [0.15, 0.2) is 0 Å². The zero-order valence-electron chi connectivity index (χ0n) is 34.4. The van der Waals surface area contributed by atoms with Crippen molar-refractivity contribution in [2.45, 2.75) is 214 Å². The third kappa shape index (κ3) is 35.2. The van der Waals surface area contributed by atoms with E-state index in [2.05, 4.69) is 32.6 Å². The van der Waals surface area contributed by atoms with Gasteiger partial charge in [-0.3, -0.25) is 0 Å². The lowest BCUT2D eigenvalue weighted by Crippen LogP contribution is -2.27. The molecule has 0 aromatic heterocycles. The number of aliphatic hydroxyl groups is 1. The minimum absolute atomic E-state index is 0.146. The second kappa shape index (κ2) is 39.5. The summed E-state index contributed by atoms with van der Waals surface area (Å²) in [5.74, 6) is -0.292. The van der Waals surface area contributed by atoms with Crippen molar-refractivity contribution in [2.75, 3.05) is 39.5 Å². The third-order valence-corrected chi connectivity index (χ3v) is 9.91. The molecule has 0 bridgehead atoms. The predicted molar refractivity (Wildman–Crippen MR) is 218 cm³/mol. The van der Waals surface area contributed by atoms with Crippen molar-refractivity contribution in [2.24, 2.45) is 0 Å². The molecule has 0 aliphatic heterocycles. The Kier molecular flexibility index (Phi) is 38.3. The van der Waals surface area contributed by atoms with Crippen molar-refractivity contribution in [3.63, 3.8) is 0 Å². The standard InChI is InChI=1S/C45H85NO5/c1-5-9-23-32-42(30-11-7-3)40-44(48)50-38-27-21-17-13-15-19-25-34-46(36-29-37-47)35-26-20-16-14-18-22-28-39-51-45(49)41-43(31-12-8-4)33-24-10-6-2/h40-41,47H,5-39H2,1-4H3/b42-40+,43-41?. The summed E-state index contributed by atoms with van der Waals surface area (Å²) in [5.41, 5.74) is 2.53. The molecule has 0 rings (SSSR count). The highest BCUT2D eigenvalue weighted by Gasteiger charge is 2.07.